The minimum atomic E-state index is 0.347. The Balaban J connectivity index is 1.89. The predicted octanol–water partition coefficient (Wildman–Crippen LogP) is 2.65. The van der Waals surface area contributed by atoms with E-state index in [1.54, 1.807) is 0 Å². The minimum absolute atomic E-state index is 0.347. The summed E-state index contributed by atoms with van der Waals surface area (Å²) in [7, 11) is 0. The molecule has 3 nitrogen and oxygen atoms in total. The highest BCUT2D eigenvalue weighted by Crippen LogP contribution is 2.21. The summed E-state index contributed by atoms with van der Waals surface area (Å²) in [6.07, 6.45) is 4.61. The van der Waals surface area contributed by atoms with Crippen molar-refractivity contribution >= 4 is 0 Å². The lowest BCUT2D eigenvalue weighted by Crippen LogP contribution is -2.30. The van der Waals surface area contributed by atoms with Gasteiger partial charge in [-0.3, -0.25) is 0 Å². The molecule has 1 saturated carbocycles. The van der Waals surface area contributed by atoms with Gasteiger partial charge in [-0.1, -0.05) is 6.07 Å². The van der Waals surface area contributed by atoms with Gasteiger partial charge in [0, 0.05) is 6.04 Å². The maximum atomic E-state index is 8.82. The van der Waals surface area contributed by atoms with Gasteiger partial charge < -0.3 is 10.5 Å². The van der Waals surface area contributed by atoms with E-state index in [2.05, 4.69) is 6.07 Å². The smallest absolute Gasteiger partial charge is 0.0991 e. The number of hydrogen-bond donors (Lipinski definition) is 1. The number of hydrogen-bond acceptors (Lipinski definition) is 3. The Kier molecular flexibility index (Phi) is 4.35. The van der Waals surface area contributed by atoms with Gasteiger partial charge in [0.05, 0.1) is 24.3 Å². The van der Waals surface area contributed by atoms with Crippen LogP contribution in [0.1, 0.15) is 42.4 Å². The molecular formula is C15H20N2O. The highest BCUT2D eigenvalue weighted by Gasteiger charge is 2.18. The van der Waals surface area contributed by atoms with Crippen molar-refractivity contribution in [2.24, 2.45) is 5.73 Å². The highest BCUT2D eigenvalue weighted by molar-refractivity contribution is 5.37. The third-order valence-electron chi connectivity index (χ3n) is 3.67. The molecule has 0 unspecified atom stereocenters. The maximum absolute atomic E-state index is 8.82. The topological polar surface area (TPSA) is 59.0 Å². The average Bonchev–Trinajstić information content (AvgIpc) is 2.39. The molecule has 0 radical (unpaired) electrons. The van der Waals surface area contributed by atoms with Gasteiger partial charge in [0.25, 0.3) is 0 Å². The Morgan fingerprint density at radius 2 is 2.06 bits per heavy atom. The van der Waals surface area contributed by atoms with Gasteiger partial charge in [0.15, 0.2) is 0 Å². The molecule has 0 aromatic heterocycles. The summed E-state index contributed by atoms with van der Waals surface area (Å²) in [5.41, 5.74) is 8.88. The van der Waals surface area contributed by atoms with Crippen molar-refractivity contribution in [2.75, 3.05) is 0 Å². The third kappa shape index (κ3) is 3.32. The van der Waals surface area contributed by atoms with E-state index in [1.165, 1.54) is 5.56 Å². The number of ether oxygens (including phenoxy) is 1. The van der Waals surface area contributed by atoms with Crippen LogP contribution in [-0.2, 0) is 11.3 Å². The number of rotatable bonds is 3. The summed E-state index contributed by atoms with van der Waals surface area (Å²) in [6, 6.07) is 8.26. The van der Waals surface area contributed by atoms with Crippen LogP contribution in [0.4, 0.5) is 0 Å². The third-order valence-corrected chi connectivity index (χ3v) is 3.67. The van der Waals surface area contributed by atoms with Crippen LogP contribution in [0.15, 0.2) is 18.2 Å². The zero-order chi connectivity index (χ0) is 13.0. The Bertz CT molecular complexity index is 442. The highest BCUT2D eigenvalue weighted by atomic mass is 16.5. The van der Waals surface area contributed by atoms with E-state index in [4.69, 9.17) is 15.7 Å². The molecule has 96 valence electrons. The van der Waals surface area contributed by atoms with Gasteiger partial charge in [-0.2, -0.15) is 5.26 Å². The number of nitrogens with two attached hydrogens (primary N) is 1. The fraction of sp³-hybridized carbons (Fsp3) is 0.533. The normalized spacial score (nSPS) is 23.6. The van der Waals surface area contributed by atoms with Crippen LogP contribution < -0.4 is 5.73 Å². The first kappa shape index (κ1) is 13.1. The summed E-state index contributed by atoms with van der Waals surface area (Å²) >= 11 is 0. The van der Waals surface area contributed by atoms with Gasteiger partial charge >= 0.3 is 0 Å². The summed E-state index contributed by atoms with van der Waals surface area (Å²) in [6.45, 7) is 2.66. The molecule has 0 atom stereocenters. The monoisotopic (exact) mass is 244 g/mol. The molecule has 18 heavy (non-hydrogen) atoms. The predicted molar refractivity (Wildman–Crippen MR) is 70.9 cm³/mol. The van der Waals surface area contributed by atoms with Crippen molar-refractivity contribution < 1.29 is 4.74 Å². The van der Waals surface area contributed by atoms with Gasteiger partial charge in [0.1, 0.15) is 0 Å². The van der Waals surface area contributed by atoms with Crippen LogP contribution in [0.3, 0.4) is 0 Å². The van der Waals surface area contributed by atoms with Crippen molar-refractivity contribution in [2.45, 2.75) is 51.4 Å². The lowest BCUT2D eigenvalue weighted by atomic mass is 9.93. The van der Waals surface area contributed by atoms with Crippen molar-refractivity contribution in [3.05, 3.63) is 34.9 Å². The molecule has 1 aromatic rings. The molecule has 1 aromatic carbocycles. The Labute approximate surface area is 109 Å². The van der Waals surface area contributed by atoms with Crippen LogP contribution in [0.2, 0.25) is 0 Å². The maximum Gasteiger partial charge on any atom is 0.0991 e. The molecule has 0 spiro atoms. The molecule has 3 heteroatoms. The van der Waals surface area contributed by atoms with E-state index in [0.717, 1.165) is 31.2 Å². The van der Waals surface area contributed by atoms with Gasteiger partial charge in [-0.25, -0.2) is 0 Å². The Morgan fingerprint density at radius 3 is 2.67 bits per heavy atom. The standard InChI is InChI=1S/C15H20N2O/c1-11-8-12(9-16)2-3-13(11)10-18-15-6-4-14(17)5-7-15/h2-3,8,14-15H,4-7,10,17H2,1H3. The molecule has 0 saturated heterocycles. The molecule has 0 bridgehead atoms. The average molecular weight is 244 g/mol. The lowest BCUT2D eigenvalue weighted by Gasteiger charge is -2.26. The first-order valence-electron chi connectivity index (χ1n) is 6.56. The van der Waals surface area contributed by atoms with E-state index in [0.29, 0.717) is 24.3 Å². The van der Waals surface area contributed by atoms with Crippen molar-refractivity contribution in [3.8, 4) is 6.07 Å². The summed E-state index contributed by atoms with van der Waals surface area (Å²) in [4.78, 5) is 0. The molecule has 1 aliphatic carbocycles. The second-order valence-corrected chi connectivity index (χ2v) is 5.10. The minimum Gasteiger partial charge on any atom is -0.374 e. The quantitative estimate of drug-likeness (QED) is 0.889. The van der Waals surface area contributed by atoms with E-state index in [-0.39, 0.29) is 0 Å². The number of aryl methyl sites for hydroxylation is 1. The van der Waals surface area contributed by atoms with E-state index in [9.17, 15) is 0 Å². The van der Waals surface area contributed by atoms with Crippen LogP contribution in [0.5, 0.6) is 0 Å². The number of nitrogens with zero attached hydrogens (tertiary/aromatic N) is 1. The second-order valence-electron chi connectivity index (χ2n) is 5.10. The number of nitriles is 1. The molecule has 0 heterocycles. The largest absolute Gasteiger partial charge is 0.374 e. The fourth-order valence-corrected chi connectivity index (χ4v) is 2.39. The van der Waals surface area contributed by atoms with Crippen molar-refractivity contribution in [1.29, 1.82) is 5.26 Å². The van der Waals surface area contributed by atoms with Gasteiger partial charge in [-0.05, 0) is 55.9 Å². The Hall–Kier alpha value is -1.37. The lowest BCUT2D eigenvalue weighted by molar-refractivity contribution is 0.0136. The van der Waals surface area contributed by atoms with E-state index >= 15 is 0 Å². The fourth-order valence-electron chi connectivity index (χ4n) is 2.39. The van der Waals surface area contributed by atoms with Crippen molar-refractivity contribution in [1.82, 2.24) is 0 Å². The zero-order valence-electron chi connectivity index (χ0n) is 10.9. The first-order chi connectivity index (χ1) is 8.69. The molecular weight excluding hydrogens is 224 g/mol. The van der Waals surface area contributed by atoms with E-state index < -0.39 is 0 Å². The summed E-state index contributed by atoms with van der Waals surface area (Å²) < 4.78 is 5.93. The van der Waals surface area contributed by atoms with Gasteiger partial charge in [-0.15, -0.1) is 0 Å². The van der Waals surface area contributed by atoms with Crippen molar-refractivity contribution in [3.63, 3.8) is 0 Å². The molecule has 1 aliphatic rings. The zero-order valence-corrected chi connectivity index (χ0v) is 10.9. The first-order valence-corrected chi connectivity index (χ1v) is 6.56. The summed E-state index contributed by atoms with van der Waals surface area (Å²) in [5, 5.41) is 8.82. The second kappa shape index (κ2) is 5.99. The molecule has 0 amide bonds. The van der Waals surface area contributed by atoms with Crippen LogP contribution in [0.25, 0.3) is 0 Å². The van der Waals surface area contributed by atoms with Crippen LogP contribution in [-0.4, -0.2) is 12.1 Å². The Morgan fingerprint density at radius 1 is 1.33 bits per heavy atom. The molecule has 2 rings (SSSR count). The molecule has 1 fully saturated rings. The molecule has 0 aliphatic heterocycles. The number of benzene rings is 1. The SMILES string of the molecule is Cc1cc(C#N)ccc1COC1CCC(N)CC1. The summed E-state index contributed by atoms with van der Waals surface area (Å²) in [5.74, 6) is 0. The van der Waals surface area contributed by atoms with E-state index in [1.807, 2.05) is 25.1 Å². The van der Waals surface area contributed by atoms with Crippen LogP contribution in [0, 0.1) is 18.3 Å². The van der Waals surface area contributed by atoms with Crippen LogP contribution >= 0.6 is 0 Å². The molecule has 2 N–H and O–H groups in total. The van der Waals surface area contributed by atoms with Gasteiger partial charge in [0.2, 0.25) is 0 Å².